The number of hydrogen-bond donors (Lipinski definition) is 2. The van der Waals surface area contributed by atoms with Crippen molar-refractivity contribution in [2.75, 3.05) is 31.2 Å². The monoisotopic (exact) mass is 348 g/mol. The summed E-state index contributed by atoms with van der Waals surface area (Å²) in [6.45, 7) is 5.50. The molecule has 130 valence electrons. The molecule has 1 aromatic rings. The van der Waals surface area contributed by atoms with Gasteiger partial charge in [-0.05, 0) is 68.2 Å². The van der Waals surface area contributed by atoms with Gasteiger partial charge in [0, 0.05) is 18.0 Å². The number of ether oxygens (including phenoxy) is 1. The van der Waals surface area contributed by atoms with E-state index in [-0.39, 0.29) is 5.54 Å². The molecule has 1 spiro atoms. The summed E-state index contributed by atoms with van der Waals surface area (Å²) in [4.78, 5) is 14.9. The van der Waals surface area contributed by atoms with Crippen LogP contribution in [0.1, 0.15) is 43.0 Å². The predicted octanol–water partition coefficient (Wildman–Crippen LogP) is 3.15. The molecule has 0 unspecified atom stereocenters. The molecule has 0 radical (unpaired) electrons. The first kappa shape index (κ1) is 16.2. The Morgan fingerprint density at radius 3 is 2.50 bits per heavy atom. The zero-order valence-electron chi connectivity index (χ0n) is 14.0. The molecule has 3 aliphatic rings. The number of carbonyl (C=O) groups is 1. The molecule has 1 saturated carbocycles. The molecule has 2 heterocycles. The van der Waals surface area contributed by atoms with Gasteiger partial charge >= 0.3 is 5.97 Å². The van der Waals surface area contributed by atoms with E-state index >= 15 is 0 Å². The van der Waals surface area contributed by atoms with Gasteiger partial charge in [0.25, 0.3) is 0 Å². The van der Waals surface area contributed by atoms with E-state index in [2.05, 4.69) is 16.5 Å². The van der Waals surface area contributed by atoms with Crippen LogP contribution in [0.4, 0.5) is 5.69 Å². The maximum atomic E-state index is 11.6. The van der Waals surface area contributed by atoms with Crippen molar-refractivity contribution >= 4 is 23.6 Å². The number of hydrogen-bond acceptors (Lipinski definition) is 5. The number of anilines is 1. The van der Waals surface area contributed by atoms with Gasteiger partial charge in [-0.25, -0.2) is 9.52 Å². The van der Waals surface area contributed by atoms with E-state index in [0.717, 1.165) is 23.7 Å². The highest BCUT2D eigenvalue weighted by Gasteiger charge is 2.44. The quantitative estimate of drug-likeness (QED) is 0.797. The van der Waals surface area contributed by atoms with E-state index in [1.807, 2.05) is 12.1 Å². The van der Waals surface area contributed by atoms with Crippen molar-refractivity contribution in [1.29, 1.82) is 0 Å². The Balaban J connectivity index is 1.51. The Kier molecular flexibility index (Phi) is 4.01. The first-order valence-electron chi connectivity index (χ1n) is 8.63. The molecule has 1 aliphatic carbocycles. The Bertz CT molecular complexity index is 646. The number of aromatic carboxylic acids is 1. The summed E-state index contributed by atoms with van der Waals surface area (Å²) in [6, 6.07) is 5.65. The summed E-state index contributed by atoms with van der Waals surface area (Å²) in [5.74, 6) is -0.847. The summed E-state index contributed by atoms with van der Waals surface area (Å²) < 4.78 is 8.70. The molecule has 0 bridgehead atoms. The molecule has 2 N–H and O–H groups in total. The fourth-order valence-corrected chi connectivity index (χ4v) is 4.35. The van der Waals surface area contributed by atoms with Gasteiger partial charge in [-0.15, -0.1) is 0 Å². The maximum absolute atomic E-state index is 11.6. The minimum Gasteiger partial charge on any atom is -0.478 e. The SMILES string of the molecule is CC1(NSc2ccc(C(=O)O)c(N3CCC4(CC3)CC4)c2)COC1. The number of piperidine rings is 1. The zero-order valence-corrected chi connectivity index (χ0v) is 14.8. The van der Waals surface area contributed by atoms with Crippen LogP contribution in [-0.2, 0) is 4.74 Å². The highest BCUT2D eigenvalue weighted by molar-refractivity contribution is 7.97. The Labute approximate surface area is 146 Å². The summed E-state index contributed by atoms with van der Waals surface area (Å²) >= 11 is 1.56. The average molecular weight is 348 g/mol. The van der Waals surface area contributed by atoms with Crippen LogP contribution in [0.15, 0.2) is 23.1 Å². The van der Waals surface area contributed by atoms with E-state index in [0.29, 0.717) is 24.2 Å². The molecular weight excluding hydrogens is 324 g/mol. The van der Waals surface area contributed by atoms with Gasteiger partial charge in [-0.3, -0.25) is 0 Å². The number of nitrogens with zero attached hydrogens (tertiary/aromatic N) is 1. The normalized spacial score (nSPS) is 23.8. The highest BCUT2D eigenvalue weighted by atomic mass is 32.2. The Morgan fingerprint density at radius 1 is 1.25 bits per heavy atom. The van der Waals surface area contributed by atoms with Crippen LogP contribution in [0.2, 0.25) is 0 Å². The topological polar surface area (TPSA) is 61.8 Å². The molecule has 2 saturated heterocycles. The third-order valence-corrected chi connectivity index (χ3v) is 6.66. The van der Waals surface area contributed by atoms with Crippen LogP contribution < -0.4 is 9.62 Å². The molecule has 0 amide bonds. The largest absolute Gasteiger partial charge is 0.478 e. The molecule has 4 rings (SSSR count). The van der Waals surface area contributed by atoms with Crippen LogP contribution in [0, 0.1) is 5.41 Å². The molecule has 24 heavy (non-hydrogen) atoms. The third kappa shape index (κ3) is 3.15. The fourth-order valence-electron chi connectivity index (χ4n) is 3.57. The third-order valence-electron chi connectivity index (χ3n) is 5.58. The Hall–Kier alpha value is -1.24. The van der Waals surface area contributed by atoms with Crippen LogP contribution in [-0.4, -0.2) is 42.9 Å². The van der Waals surface area contributed by atoms with Gasteiger partial charge in [0.2, 0.25) is 0 Å². The number of nitrogens with one attached hydrogen (secondary N) is 1. The van der Waals surface area contributed by atoms with E-state index in [1.165, 1.54) is 25.7 Å². The van der Waals surface area contributed by atoms with Gasteiger partial charge < -0.3 is 14.7 Å². The fraction of sp³-hybridized carbons (Fsp3) is 0.611. The smallest absolute Gasteiger partial charge is 0.337 e. The first-order chi connectivity index (χ1) is 11.5. The lowest BCUT2D eigenvalue weighted by atomic mass is 9.93. The van der Waals surface area contributed by atoms with Crippen molar-refractivity contribution in [1.82, 2.24) is 4.72 Å². The van der Waals surface area contributed by atoms with Crippen LogP contribution in [0.25, 0.3) is 0 Å². The predicted molar refractivity (Wildman–Crippen MR) is 94.7 cm³/mol. The summed E-state index contributed by atoms with van der Waals surface area (Å²) in [7, 11) is 0. The summed E-state index contributed by atoms with van der Waals surface area (Å²) in [5, 5.41) is 9.54. The van der Waals surface area contributed by atoms with Crippen molar-refractivity contribution in [2.24, 2.45) is 5.41 Å². The average Bonchev–Trinajstić information content (AvgIpc) is 3.30. The van der Waals surface area contributed by atoms with E-state index in [4.69, 9.17) is 4.74 Å². The number of carboxylic acids is 1. The molecular formula is C18H24N2O3S. The van der Waals surface area contributed by atoms with Crippen LogP contribution in [0.3, 0.4) is 0 Å². The van der Waals surface area contributed by atoms with Crippen molar-refractivity contribution < 1.29 is 14.6 Å². The van der Waals surface area contributed by atoms with Gasteiger partial charge in [-0.1, -0.05) is 0 Å². The number of carboxylic acid groups (broad SMARTS) is 1. The minimum atomic E-state index is -0.847. The number of rotatable bonds is 5. The van der Waals surface area contributed by atoms with Gasteiger partial charge in [-0.2, -0.15) is 0 Å². The molecule has 2 aliphatic heterocycles. The van der Waals surface area contributed by atoms with Crippen molar-refractivity contribution in [3.05, 3.63) is 23.8 Å². The van der Waals surface area contributed by atoms with E-state index in [9.17, 15) is 9.90 Å². The van der Waals surface area contributed by atoms with E-state index in [1.54, 1.807) is 18.0 Å². The molecule has 0 aromatic heterocycles. The molecule has 3 fully saturated rings. The minimum absolute atomic E-state index is 0.0137. The van der Waals surface area contributed by atoms with E-state index < -0.39 is 5.97 Å². The second kappa shape index (κ2) is 5.93. The van der Waals surface area contributed by atoms with Gasteiger partial charge in [0.05, 0.1) is 30.0 Å². The second-order valence-corrected chi connectivity index (χ2v) is 8.61. The molecule has 5 nitrogen and oxygen atoms in total. The zero-order chi connectivity index (χ0) is 16.8. The molecule has 0 atom stereocenters. The van der Waals surface area contributed by atoms with Crippen molar-refractivity contribution in [3.63, 3.8) is 0 Å². The lowest BCUT2D eigenvalue weighted by molar-refractivity contribution is -0.0510. The van der Waals surface area contributed by atoms with Crippen LogP contribution in [0.5, 0.6) is 0 Å². The number of benzene rings is 1. The highest BCUT2D eigenvalue weighted by Crippen LogP contribution is 2.54. The Morgan fingerprint density at radius 2 is 1.96 bits per heavy atom. The first-order valence-corrected chi connectivity index (χ1v) is 9.45. The maximum Gasteiger partial charge on any atom is 0.337 e. The van der Waals surface area contributed by atoms with Crippen molar-refractivity contribution in [3.8, 4) is 0 Å². The molecule has 1 aromatic carbocycles. The second-order valence-electron chi connectivity index (χ2n) is 7.73. The van der Waals surface area contributed by atoms with Crippen LogP contribution >= 0.6 is 11.9 Å². The van der Waals surface area contributed by atoms with Crippen molar-refractivity contribution in [2.45, 2.75) is 43.0 Å². The summed E-state index contributed by atoms with van der Waals surface area (Å²) in [5.41, 5.74) is 1.87. The standard InChI is InChI=1S/C18H24N2O3S/c1-17(11-23-12-17)19-24-13-2-3-14(16(21)22)15(10-13)20-8-6-18(4-5-18)7-9-20/h2-3,10,19H,4-9,11-12H2,1H3,(H,21,22). The lowest BCUT2D eigenvalue weighted by Crippen LogP contribution is -2.55. The summed E-state index contributed by atoms with van der Waals surface area (Å²) in [6.07, 6.45) is 5.09. The lowest BCUT2D eigenvalue weighted by Gasteiger charge is -2.38. The van der Waals surface area contributed by atoms with Gasteiger partial charge in [0.1, 0.15) is 0 Å². The molecule has 6 heteroatoms. The van der Waals surface area contributed by atoms with Gasteiger partial charge in [0.15, 0.2) is 0 Å².